The summed E-state index contributed by atoms with van der Waals surface area (Å²) in [5, 5.41) is 0.601. The Kier molecular flexibility index (Phi) is 11.5. The maximum Gasteiger partial charge on any atom is 0.573 e. The highest BCUT2D eigenvalue weighted by molar-refractivity contribution is 6.30. The molecule has 11 nitrogen and oxygen atoms in total. The molecule has 1 fully saturated rings. The lowest BCUT2D eigenvalue weighted by Gasteiger charge is -2.30. The predicted octanol–water partition coefficient (Wildman–Crippen LogP) is 6.22. The molecular formula is C31H36ClF3N4O7. The van der Waals surface area contributed by atoms with Gasteiger partial charge in [-0.25, -0.2) is 4.79 Å². The number of ether oxygens (including phenoxy) is 6. The van der Waals surface area contributed by atoms with E-state index >= 15 is 0 Å². The van der Waals surface area contributed by atoms with Crippen LogP contribution in [0.5, 0.6) is 17.5 Å². The van der Waals surface area contributed by atoms with Crippen LogP contribution in [0.15, 0.2) is 48.5 Å². The molecule has 2 aliphatic heterocycles. The van der Waals surface area contributed by atoms with Gasteiger partial charge in [0.25, 0.3) is 6.01 Å². The number of nitrogens with zero attached hydrogens (tertiary/aromatic N) is 4. The maximum absolute atomic E-state index is 13.5. The van der Waals surface area contributed by atoms with E-state index in [2.05, 4.69) is 9.72 Å². The van der Waals surface area contributed by atoms with E-state index in [0.717, 1.165) is 24.8 Å². The number of hydrogen-bond donors (Lipinski definition) is 0. The summed E-state index contributed by atoms with van der Waals surface area (Å²) in [6.45, 7) is 2.25. The van der Waals surface area contributed by atoms with Crippen molar-refractivity contribution in [1.82, 2.24) is 14.5 Å². The first-order chi connectivity index (χ1) is 22.2. The number of carbonyl (C=O) groups is 1. The summed E-state index contributed by atoms with van der Waals surface area (Å²) >= 11 is 6.09. The molecule has 3 aromatic rings. The van der Waals surface area contributed by atoms with E-state index in [0.29, 0.717) is 49.3 Å². The molecule has 1 unspecified atom stereocenters. The second kappa shape index (κ2) is 15.7. The van der Waals surface area contributed by atoms with Gasteiger partial charge in [-0.15, -0.1) is 13.2 Å². The number of alkyl halides is 3. The molecule has 2 aromatic carbocycles. The number of rotatable bonds is 13. The summed E-state index contributed by atoms with van der Waals surface area (Å²) in [7, 11) is 1.65. The predicted molar refractivity (Wildman–Crippen MR) is 161 cm³/mol. The van der Waals surface area contributed by atoms with E-state index in [1.807, 2.05) is 16.7 Å². The van der Waals surface area contributed by atoms with Crippen LogP contribution in [0.3, 0.4) is 0 Å². The highest BCUT2D eigenvalue weighted by Gasteiger charge is 2.32. The first kappa shape index (κ1) is 33.6. The van der Waals surface area contributed by atoms with Gasteiger partial charge in [0.05, 0.1) is 38.7 Å². The molecule has 15 heteroatoms. The second-order valence-electron chi connectivity index (χ2n) is 10.7. The first-order valence-corrected chi connectivity index (χ1v) is 15.3. The van der Waals surface area contributed by atoms with Crippen LogP contribution in [-0.4, -0.2) is 79.9 Å². The quantitative estimate of drug-likeness (QED) is 0.198. The van der Waals surface area contributed by atoms with Gasteiger partial charge in [-0.1, -0.05) is 29.8 Å². The molecule has 0 saturated carbocycles. The number of anilines is 1. The summed E-state index contributed by atoms with van der Waals surface area (Å²) in [4.78, 5) is 21.2. The van der Waals surface area contributed by atoms with Crippen molar-refractivity contribution in [3.8, 4) is 17.5 Å². The van der Waals surface area contributed by atoms with Crippen LogP contribution < -0.4 is 19.1 Å². The van der Waals surface area contributed by atoms with Crippen LogP contribution in [0.4, 0.5) is 23.8 Å². The molecule has 1 aromatic heterocycles. The summed E-state index contributed by atoms with van der Waals surface area (Å²) in [6.07, 6.45) is -1.76. The topological polar surface area (TPSA) is 96.8 Å². The Morgan fingerprint density at radius 1 is 1.04 bits per heavy atom. The van der Waals surface area contributed by atoms with E-state index in [-0.39, 0.29) is 56.4 Å². The van der Waals surface area contributed by atoms with E-state index in [9.17, 15) is 18.0 Å². The van der Waals surface area contributed by atoms with Gasteiger partial charge in [0.15, 0.2) is 12.1 Å². The maximum atomic E-state index is 13.5. The molecule has 2 amide bonds. The molecule has 0 N–H and O–H groups in total. The fourth-order valence-corrected chi connectivity index (χ4v) is 5.12. The van der Waals surface area contributed by atoms with Crippen LogP contribution in [0.25, 0.3) is 0 Å². The van der Waals surface area contributed by atoms with Gasteiger partial charge in [-0.05, 0) is 49.1 Å². The monoisotopic (exact) mass is 668 g/mol. The smallest absolute Gasteiger partial charge is 0.493 e. The third kappa shape index (κ3) is 9.41. The number of carbonyl (C=O) groups excluding carboxylic acids is 1. The lowest BCUT2D eigenvalue weighted by molar-refractivity contribution is -0.274. The van der Waals surface area contributed by atoms with Crippen molar-refractivity contribution in [3.63, 3.8) is 0 Å². The molecule has 0 spiro atoms. The van der Waals surface area contributed by atoms with Gasteiger partial charge in [0.1, 0.15) is 18.2 Å². The lowest BCUT2D eigenvalue weighted by atomic mass is 10.2. The van der Waals surface area contributed by atoms with Crippen molar-refractivity contribution < 1.29 is 46.4 Å². The van der Waals surface area contributed by atoms with Gasteiger partial charge in [-0.3, -0.25) is 14.4 Å². The molecule has 1 atom stereocenters. The Balaban J connectivity index is 1.24. The average Bonchev–Trinajstić information content (AvgIpc) is 3.36. The van der Waals surface area contributed by atoms with E-state index in [1.54, 1.807) is 24.1 Å². The van der Waals surface area contributed by atoms with E-state index in [4.69, 9.17) is 35.3 Å². The zero-order chi connectivity index (χ0) is 32.5. The Morgan fingerprint density at radius 2 is 1.83 bits per heavy atom. The van der Waals surface area contributed by atoms with Gasteiger partial charge < -0.3 is 28.4 Å². The largest absolute Gasteiger partial charge is 0.573 e. The fraction of sp³-hybridized carbons (Fsp3) is 0.484. The van der Waals surface area contributed by atoms with Gasteiger partial charge in [0, 0.05) is 37.7 Å². The number of halogens is 4. The minimum Gasteiger partial charge on any atom is -0.493 e. The van der Waals surface area contributed by atoms with E-state index in [1.165, 1.54) is 29.2 Å². The summed E-state index contributed by atoms with van der Waals surface area (Å²) in [5.74, 6) is 0.258. The Bertz CT molecular complexity index is 1430. The minimum absolute atomic E-state index is 0.0619. The first-order valence-electron chi connectivity index (χ1n) is 14.9. The summed E-state index contributed by atoms with van der Waals surface area (Å²) < 4.78 is 72.5. The fourth-order valence-electron chi connectivity index (χ4n) is 4.99. The molecule has 0 radical (unpaired) electrons. The number of hydrogen-bond acceptors (Lipinski definition) is 8. The number of fused-ring (bicyclic) bond motifs is 1. The number of imidazole rings is 1. The highest BCUT2D eigenvalue weighted by atomic mass is 35.5. The second-order valence-corrected chi connectivity index (χ2v) is 11.1. The number of amides is 2. The molecule has 0 bridgehead atoms. The minimum atomic E-state index is -4.79. The van der Waals surface area contributed by atoms with E-state index < -0.39 is 6.36 Å². The molecule has 46 heavy (non-hydrogen) atoms. The molecule has 0 aliphatic carbocycles. The van der Waals surface area contributed by atoms with Crippen molar-refractivity contribution in [2.24, 2.45) is 0 Å². The Labute approximate surface area is 269 Å². The number of urea groups is 1. The van der Waals surface area contributed by atoms with Crippen molar-refractivity contribution in [2.75, 3.05) is 51.7 Å². The molecule has 2 aliphatic rings. The van der Waals surface area contributed by atoms with Crippen LogP contribution in [0, 0.1) is 0 Å². The van der Waals surface area contributed by atoms with Crippen LogP contribution >= 0.6 is 11.6 Å². The third-order valence-electron chi connectivity index (χ3n) is 7.26. The Hall–Kier alpha value is -3.72. The summed E-state index contributed by atoms with van der Waals surface area (Å²) in [6, 6.07) is 12.6. The van der Waals surface area contributed by atoms with Crippen LogP contribution in [-0.2, 0) is 27.4 Å². The van der Waals surface area contributed by atoms with Crippen molar-refractivity contribution >= 4 is 23.4 Å². The van der Waals surface area contributed by atoms with Crippen molar-refractivity contribution in [1.29, 1.82) is 0 Å². The zero-order valence-corrected chi connectivity index (χ0v) is 26.1. The molecule has 250 valence electrons. The highest BCUT2D eigenvalue weighted by Crippen LogP contribution is 2.30. The normalized spacial score (nSPS) is 17.3. The zero-order valence-electron chi connectivity index (χ0n) is 25.3. The van der Waals surface area contributed by atoms with Crippen molar-refractivity contribution in [3.05, 3.63) is 64.8 Å². The third-order valence-corrected chi connectivity index (χ3v) is 7.51. The number of benzene rings is 2. The number of aromatic nitrogens is 2. The van der Waals surface area contributed by atoms with Crippen LogP contribution in [0.2, 0.25) is 5.02 Å². The standard InChI is InChI=1S/C31H36ClF3N4O7/c1-37-28-26(20-41-21-38(30(37)40)13-17-44-27-8-2-3-14-43-27)39(19-22-9-11-23(32)12-10-22)29(36-28)45-16-5-15-42-24-6-4-7-25(18-24)46-31(33,34)35/h4,6-7,9-12,18,27H,2-3,5,8,13-17,19-21H2,1H3. The van der Waals surface area contributed by atoms with Gasteiger partial charge >= 0.3 is 12.4 Å². The Morgan fingerprint density at radius 3 is 2.59 bits per heavy atom. The summed E-state index contributed by atoms with van der Waals surface area (Å²) in [5.41, 5.74) is 1.59. The molecule has 1 saturated heterocycles. The van der Waals surface area contributed by atoms with Gasteiger partial charge in [0.2, 0.25) is 0 Å². The van der Waals surface area contributed by atoms with Crippen molar-refractivity contribution in [2.45, 2.75) is 51.5 Å². The van der Waals surface area contributed by atoms with Gasteiger partial charge in [-0.2, -0.15) is 4.98 Å². The van der Waals surface area contributed by atoms with Crippen LogP contribution in [0.1, 0.15) is 36.9 Å². The molecule has 3 heterocycles. The molecule has 5 rings (SSSR count). The lowest BCUT2D eigenvalue weighted by Crippen LogP contribution is -2.46. The SMILES string of the molecule is CN1C(=O)N(CCOC2CCCCO2)COCc2c1nc(OCCCOc1cccc(OC(F)(F)F)c1)n2Cc1ccc(Cl)cc1. The molecular weight excluding hydrogens is 633 g/mol. The average molecular weight is 669 g/mol.